The minimum atomic E-state index is -0.505. The molecule has 3 N–H and O–H groups in total. The standard InChI is InChI=1S/C27H23N3O4S/c1-18(31)28-20-9-11-21(12-10-20)30-27(33)25(19-6-3-2-4-7-19)35-23-15-13-22(14-16-23)29-26(32)24-8-5-17-34-24/h2-17,25H,1H3,(H,28,31)(H,29,32)(H,30,33). The second-order valence-corrected chi connectivity index (χ2v) is 8.79. The van der Waals surface area contributed by atoms with Gasteiger partial charge in [0.25, 0.3) is 5.91 Å². The van der Waals surface area contributed by atoms with Crippen LogP contribution in [0.1, 0.15) is 28.3 Å². The van der Waals surface area contributed by atoms with Crippen LogP contribution in [0.15, 0.2) is 107 Å². The molecule has 4 rings (SSSR count). The van der Waals surface area contributed by atoms with E-state index in [-0.39, 0.29) is 23.5 Å². The normalized spacial score (nSPS) is 11.3. The summed E-state index contributed by atoms with van der Waals surface area (Å²) >= 11 is 1.41. The van der Waals surface area contributed by atoms with Crippen molar-refractivity contribution in [2.24, 2.45) is 0 Å². The molecule has 8 heteroatoms. The summed E-state index contributed by atoms with van der Waals surface area (Å²) in [6.07, 6.45) is 1.45. The molecule has 0 saturated heterocycles. The molecule has 0 fully saturated rings. The maximum atomic E-state index is 13.3. The van der Waals surface area contributed by atoms with Crippen molar-refractivity contribution in [3.05, 3.63) is 109 Å². The van der Waals surface area contributed by atoms with Gasteiger partial charge >= 0.3 is 0 Å². The Labute approximate surface area is 206 Å². The molecule has 176 valence electrons. The average Bonchev–Trinajstić information content (AvgIpc) is 3.40. The van der Waals surface area contributed by atoms with E-state index < -0.39 is 5.25 Å². The molecule has 3 amide bonds. The molecule has 35 heavy (non-hydrogen) atoms. The van der Waals surface area contributed by atoms with Crippen molar-refractivity contribution < 1.29 is 18.8 Å². The minimum absolute atomic E-state index is 0.158. The second-order valence-electron chi connectivity index (χ2n) is 7.61. The van der Waals surface area contributed by atoms with E-state index in [1.54, 1.807) is 48.5 Å². The monoisotopic (exact) mass is 485 g/mol. The molecule has 4 aromatic rings. The molecular weight excluding hydrogens is 462 g/mol. The molecule has 0 aliphatic heterocycles. The Kier molecular flexibility index (Phi) is 7.64. The number of nitrogens with one attached hydrogen (secondary N) is 3. The first-order valence-corrected chi connectivity index (χ1v) is 11.7. The van der Waals surface area contributed by atoms with E-state index >= 15 is 0 Å². The van der Waals surface area contributed by atoms with E-state index in [2.05, 4.69) is 16.0 Å². The van der Waals surface area contributed by atoms with Gasteiger partial charge in [-0.2, -0.15) is 0 Å². The highest BCUT2D eigenvalue weighted by molar-refractivity contribution is 8.00. The van der Waals surface area contributed by atoms with Crippen LogP contribution in [0.2, 0.25) is 0 Å². The molecule has 1 heterocycles. The summed E-state index contributed by atoms with van der Waals surface area (Å²) in [5.74, 6) is -0.437. The highest BCUT2D eigenvalue weighted by atomic mass is 32.2. The number of amides is 3. The van der Waals surface area contributed by atoms with E-state index in [0.717, 1.165) is 10.5 Å². The lowest BCUT2D eigenvalue weighted by Gasteiger charge is -2.17. The number of carbonyl (C=O) groups excluding carboxylic acids is 3. The summed E-state index contributed by atoms with van der Waals surface area (Å²) in [6.45, 7) is 1.44. The number of thioether (sulfide) groups is 1. The van der Waals surface area contributed by atoms with Gasteiger partial charge in [0.2, 0.25) is 11.8 Å². The number of anilines is 3. The maximum absolute atomic E-state index is 13.3. The Bertz CT molecular complexity index is 1290. The van der Waals surface area contributed by atoms with Gasteiger partial charge in [0.1, 0.15) is 5.25 Å². The Morgan fingerprint density at radius 1 is 0.714 bits per heavy atom. The lowest BCUT2D eigenvalue weighted by atomic mass is 10.1. The second kappa shape index (κ2) is 11.2. The van der Waals surface area contributed by atoms with Crippen LogP contribution in [0, 0.1) is 0 Å². The smallest absolute Gasteiger partial charge is 0.291 e. The van der Waals surface area contributed by atoms with Gasteiger partial charge in [-0.25, -0.2) is 0 Å². The van der Waals surface area contributed by atoms with Gasteiger partial charge in [-0.3, -0.25) is 14.4 Å². The Morgan fingerprint density at radius 2 is 1.31 bits per heavy atom. The van der Waals surface area contributed by atoms with Crippen molar-refractivity contribution in [3.8, 4) is 0 Å². The fourth-order valence-electron chi connectivity index (χ4n) is 3.30. The first kappa shape index (κ1) is 23.8. The number of carbonyl (C=O) groups is 3. The van der Waals surface area contributed by atoms with Crippen molar-refractivity contribution in [3.63, 3.8) is 0 Å². The van der Waals surface area contributed by atoms with Crippen LogP contribution in [-0.2, 0) is 9.59 Å². The highest BCUT2D eigenvalue weighted by Gasteiger charge is 2.22. The van der Waals surface area contributed by atoms with Crippen LogP contribution in [0.5, 0.6) is 0 Å². The van der Waals surface area contributed by atoms with Crippen LogP contribution in [0.25, 0.3) is 0 Å². The molecule has 7 nitrogen and oxygen atoms in total. The molecule has 0 aliphatic carbocycles. The maximum Gasteiger partial charge on any atom is 0.291 e. The van der Waals surface area contributed by atoms with E-state index in [1.807, 2.05) is 42.5 Å². The fraction of sp³-hybridized carbons (Fsp3) is 0.0741. The number of furan rings is 1. The van der Waals surface area contributed by atoms with Gasteiger partial charge in [0, 0.05) is 28.9 Å². The Hall–Kier alpha value is -4.30. The zero-order valence-electron chi connectivity index (χ0n) is 18.9. The van der Waals surface area contributed by atoms with Crippen molar-refractivity contribution in [1.29, 1.82) is 0 Å². The molecule has 0 radical (unpaired) electrons. The Morgan fingerprint density at radius 3 is 1.91 bits per heavy atom. The number of hydrogen-bond donors (Lipinski definition) is 3. The summed E-state index contributed by atoms with van der Waals surface area (Å²) in [4.78, 5) is 37.5. The van der Waals surface area contributed by atoms with Crippen LogP contribution in [0.4, 0.5) is 17.1 Å². The Balaban J connectivity index is 1.46. The fourth-order valence-corrected chi connectivity index (χ4v) is 4.33. The molecule has 1 aromatic heterocycles. The number of benzene rings is 3. The van der Waals surface area contributed by atoms with Gasteiger partial charge in [0.05, 0.1) is 6.26 Å². The van der Waals surface area contributed by atoms with Crippen LogP contribution >= 0.6 is 11.8 Å². The largest absolute Gasteiger partial charge is 0.459 e. The molecule has 0 aliphatic rings. The zero-order chi connectivity index (χ0) is 24.6. The molecule has 0 saturated carbocycles. The third-order valence-corrected chi connectivity index (χ3v) is 6.19. The first-order valence-electron chi connectivity index (χ1n) is 10.8. The number of hydrogen-bond acceptors (Lipinski definition) is 5. The molecule has 1 atom stereocenters. The molecule has 0 bridgehead atoms. The molecule has 1 unspecified atom stereocenters. The molecule has 3 aromatic carbocycles. The van der Waals surface area contributed by atoms with E-state index in [1.165, 1.54) is 24.9 Å². The average molecular weight is 486 g/mol. The molecular formula is C27H23N3O4S. The molecule has 0 spiro atoms. The van der Waals surface area contributed by atoms with Gasteiger partial charge in [-0.15, -0.1) is 11.8 Å². The van der Waals surface area contributed by atoms with E-state index in [9.17, 15) is 14.4 Å². The van der Waals surface area contributed by atoms with Gasteiger partial charge in [-0.05, 0) is 66.2 Å². The van der Waals surface area contributed by atoms with Crippen LogP contribution < -0.4 is 16.0 Å². The van der Waals surface area contributed by atoms with Gasteiger partial charge in [-0.1, -0.05) is 30.3 Å². The van der Waals surface area contributed by atoms with Crippen molar-refractivity contribution in [2.45, 2.75) is 17.1 Å². The van der Waals surface area contributed by atoms with Crippen molar-refractivity contribution in [2.75, 3.05) is 16.0 Å². The topological polar surface area (TPSA) is 100 Å². The first-order chi connectivity index (χ1) is 17.0. The SMILES string of the molecule is CC(=O)Nc1ccc(NC(=O)C(Sc2ccc(NC(=O)c3ccco3)cc2)c2ccccc2)cc1. The third-order valence-electron chi connectivity index (χ3n) is 4.92. The van der Waals surface area contributed by atoms with E-state index in [4.69, 9.17) is 4.42 Å². The van der Waals surface area contributed by atoms with Crippen molar-refractivity contribution in [1.82, 2.24) is 0 Å². The minimum Gasteiger partial charge on any atom is -0.459 e. The lowest BCUT2D eigenvalue weighted by molar-refractivity contribution is -0.116. The summed E-state index contributed by atoms with van der Waals surface area (Å²) in [7, 11) is 0. The predicted molar refractivity (Wildman–Crippen MR) is 138 cm³/mol. The quantitative estimate of drug-likeness (QED) is 0.267. The van der Waals surface area contributed by atoms with E-state index in [0.29, 0.717) is 17.1 Å². The van der Waals surface area contributed by atoms with Crippen LogP contribution in [-0.4, -0.2) is 17.7 Å². The van der Waals surface area contributed by atoms with Gasteiger partial charge < -0.3 is 20.4 Å². The summed E-state index contributed by atoms with van der Waals surface area (Å²) < 4.78 is 5.11. The van der Waals surface area contributed by atoms with Gasteiger partial charge in [0.15, 0.2) is 5.76 Å². The van der Waals surface area contributed by atoms with Crippen molar-refractivity contribution >= 4 is 46.5 Å². The lowest BCUT2D eigenvalue weighted by Crippen LogP contribution is -2.19. The number of rotatable bonds is 8. The summed E-state index contributed by atoms with van der Waals surface area (Å²) in [5.41, 5.74) is 2.76. The predicted octanol–water partition coefficient (Wildman–Crippen LogP) is 5.96. The zero-order valence-corrected chi connectivity index (χ0v) is 19.7. The van der Waals surface area contributed by atoms with Crippen LogP contribution in [0.3, 0.4) is 0 Å². The summed E-state index contributed by atoms with van der Waals surface area (Å²) in [6, 6.07) is 27.0. The third kappa shape index (κ3) is 6.61. The highest BCUT2D eigenvalue weighted by Crippen LogP contribution is 2.36. The summed E-state index contributed by atoms with van der Waals surface area (Å²) in [5, 5.41) is 7.93.